The third-order valence-electron chi connectivity index (χ3n) is 4.15. The van der Waals surface area contributed by atoms with Crippen molar-refractivity contribution in [1.82, 2.24) is 15.5 Å². The fraction of sp³-hybridized carbons (Fsp3) is 0.867. The van der Waals surface area contributed by atoms with Gasteiger partial charge >= 0.3 is 0 Å². The maximum Gasteiger partial charge on any atom is 0.123 e. The fourth-order valence-electron chi connectivity index (χ4n) is 2.88. The largest absolute Gasteiger partial charge is 0.312 e. The second kappa shape index (κ2) is 5.88. The predicted molar refractivity (Wildman–Crippen MR) is 81.8 cm³/mol. The minimum atomic E-state index is 0.184. The Labute approximate surface area is 121 Å². The molecule has 2 rings (SSSR count). The monoisotopic (exact) mass is 281 g/mol. The van der Waals surface area contributed by atoms with E-state index in [0.29, 0.717) is 5.41 Å². The molecule has 0 radical (unpaired) electrons. The lowest BCUT2D eigenvalue weighted by molar-refractivity contribution is 0.419. The molecule has 0 saturated heterocycles. The van der Waals surface area contributed by atoms with E-state index < -0.39 is 0 Å². The normalized spacial score (nSPS) is 18.9. The van der Waals surface area contributed by atoms with Crippen LogP contribution in [-0.4, -0.2) is 22.3 Å². The molecule has 0 amide bonds. The molecule has 3 nitrogen and oxygen atoms in total. The molecule has 0 spiro atoms. The molecule has 108 valence electrons. The lowest BCUT2D eigenvalue weighted by Gasteiger charge is -2.23. The highest BCUT2D eigenvalue weighted by molar-refractivity contribution is 7.11. The van der Waals surface area contributed by atoms with E-state index in [1.54, 1.807) is 0 Å². The molecule has 1 fully saturated rings. The van der Waals surface area contributed by atoms with Crippen LogP contribution in [0, 0.1) is 0 Å². The van der Waals surface area contributed by atoms with Gasteiger partial charge in [0.2, 0.25) is 0 Å². The van der Waals surface area contributed by atoms with E-state index in [9.17, 15) is 0 Å². The summed E-state index contributed by atoms with van der Waals surface area (Å²) < 4.78 is 0. The zero-order valence-corrected chi connectivity index (χ0v) is 13.6. The summed E-state index contributed by atoms with van der Waals surface area (Å²) in [6.45, 7) is 9.88. The Balaban J connectivity index is 1.95. The smallest absolute Gasteiger partial charge is 0.123 e. The lowest BCUT2D eigenvalue weighted by atomic mass is 9.84. The molecule has 0 unspecified atom stereocenters. The van der Waals surface area contributed by atoms with Gasteiger partial charge in [0.25, 0.3) is 0 Å². The molecule has 0 aliphatic heterocycles. The first-order chi connectivity index (χ1) is 8.95. The number of rotatable bonds is 5. The SMILES string of the molecule is CCC1(c2nnc(CCNC(C)(C)C)s2)CCCC1. The van der Waals surface area contributed by atoms with Gasteiger partial charge in [0.1, 0.15) is 10.0 Å². The van der Waals surface area contributed by atoms with Gasteiger partial charge in [-0.15, -0.1) is 21.5 Å². The van der Waals surface area contributed by atoms with Crippen molar-refractivity contribution in [3.63, 3.8) is 0 Å². The van der Waals surface area contributed by atoms with Gasteiger partial charge < -0.3 is 5.32 Å². The van der Waals surface area contributed by atoms with Crippen molar-refractivity contribution < 1.29 is 0 Å². The molecule has 1 N–H and O–H groups in total. The summed E-state index contributed by atoms with van der Waals surface area (Å²) in [6.07, 6.45) is 7.52. The second-order valence-corrected chi connectivity index (χ2v) is 7.83. The Bertz CT molecular complexity index is 400. The summed E-state index contributed by atoms with van der Waals surface area (Å²) >= 11 is 1.84. The van der Waals surface area contributed by atoms with Crippen LogP contribution in [0.4, 0.5) is 0 Å². The molecule has 1 saturated carbocycles. The van der Waals surface area contributed by atoms with Crippen LogP contribution in [0.3, 0.4) is 0 Å². The van der Waals surface area contributed by atoms with Crippen molar-refractivity contribution in [2.24, 2.45) is 0 Å². The fourth-order valence-corrected chi connectivity index (χ4v) is 4.04. The maximum atomic E-state index is 4.50. The van der Waals surface area contributed by atoms with Crippen LogP contribution in [0.25, 0.3) is 0 Å². The summed E-state index contributed by atoms with van der Waals surface area (Å²) in [5, 5.41) is 14.9. The third-order valence-corrected chi connectivity index (χ3v) is 5.38. The molecule has 0 atom stereocenters. The van der Waals surface area contributed by atoms with E-state index in [4.69, 9.17) is 0 Å². The van der Waals surface area contributed by atoms with Gasteiger partial charge in [-0.25, -0.2) is 0 Å². The molecular weight excluding hydrogens is 254 g/mol. The Morgan fingerprint density at radius 1 is 1.21 bits per heavy atom. The van der Waals surface area contributed by atoms with Crippen LogP contribution in [0.15, 0.2) is 0 Å². The third kappa shape index (κ3) is 3.76. The predicted octanol–water partition coefficient (Wildman–Crippen LogP) is 3.69. The number of hydrogen-bond donors (Lipinski definition) is 1. The summed E-state index contributed by atoms with van der Waals surface area (Å²) in [7, 11) is 0. The molecule has 1 aliphatic rings. The van der Waals surface area contributed by atoms with E-state index >= 15 is 0 Å². The van der Waals surface area contributed by atoms with Gasteiger partial charge in [0.15, 0.2) is 0 Å². The Kier molecular flexibility index (Phi) is 4.62. The lowest BCUT2D eigenvalue weighted by Crippen LogP contribution is -2.37. The van der Waals surface area contributed by atoms with Crippen LogP contribution in [0.5, 0.6) is 0 Å². The van der Waals surface area contributed by atoms with E-state index in [0.717, 1.165) is 13.0 Å². The van der Waals surface area contributed by atoms with Crippen molar-refractivity contribution in [2.45, 2.75) is 77.2 Å². The molecule has 1 aromatic rings. The highest BCUT2D eigenvalue weighted by Crippen LogP contribution is 2.44. The number of nitrogens with one attached hydrogen (secondary N) is 1. The van der Waals surface area contributed by atoms with E-state index in [2.05, 4.69) is 43.2 Å². The van der Waals surface area contributed by atoms with Gasteiger partial charge in [0.05, 0.1) is 0 Å². The molecule has 0 bridgehead atoms. The molecule has 19 heavy (non-hydrogen) atoms. The van der Waals surface area contributed by atoms with Crippen LogP contribution >= 0.6 is 11.3 Å². The first-order valence-electron chi connectivity index (χ1n) is 7.53. The van der Waals surface area contributed by atoms with E-state index in [-0.39, 0.29) is 5.54 Å². The number of nitrogens with zero attached hydrogens (tertiary/aromatic N) is 2. The molecule has 1 aromatic heterocycles. The first-order valence-corrected chi connectivity index (χ1v) is 8.35. The Morgan fingerprint density at radius 3 is 2.47 bits per heavy atom. The standard InChI is InChI=1S/C15H27N3S/c1-5-15(9-6-7-10-15)13-18-17-12(19-13)8-11-16-14(2,3)4/h16H,5-11H2,1-4H3. The zero-order valence-electron chi connectivity index (χ0n) is 12.8. The van der Waals surface area contributed by atoms with Crippen LogP contribution in [0.1, 0.15) is 69.8 Å². The van der Waals surface area contributed by atoms with Gasteiger partial charge in [0, 0.05) is 23.9 Å². The topological polar surface area (TPSA) is 37.8 Å². The highest BCUT2D eigenvalue weighted by atomic mass is 32.1. The molecular formula is C15H27N3S. The summed E-state index contributed by atoms with van der Waals surface area (Å²) in [4.78, 5) is 0. The minimum absolute atomic E-state index is 0.184. The van der Waals surface area contributed by atoms with Gasteiger partial charge in [-0.2, -0.15) is 0 Å². The van der Waals surface area contributed by atoms with Crippen molar-refractivity contribution in [2.75, 3.05) is 6.54 Å². The molecule has 1 aliphatic carbocycles. The Morgan fingerprint density at radius 2 is 1.89 bits per heavy atom. The zero-order chi connectivity index (χ0) is 13.9. The van der Waals surface area contributed by atoms with Crippen molar-refractivity contribution >= 4 is 11.3 Å². The number of aromatic nitrogens is 2. The quantitative estimate of drug-likeness (QED) is 0.894. The summed E-state index contributed by atoms with van der Waals surface area (Å²) in [5.41, 5.74) is 0.539. The second-order valence-electron chi connectivity index (χ2n) is 6.77. The highest BCUT2D eigenvalue weighted by Gasteiger charge is 2.37. The van der Waals surface area contributed by atoms with Gasteiger partial charge in [-0.1, -0.05) is 19.8 Å². The first kappa shape index (κ1) is 14.9. The van der Waals surface area contributed by atoms with Crippen LogP contribution in [-0.2, 0) is 11.8 Å². The summed E-state index contributed by atoms with van der Waals surface area (Å²) in [5.74, 6) is 0. The van der Waals surface area contributed by atoms with E-state index in [1.165, 1.54) is 42.1 Å². The molecule has 4 heteroatoms. The van der Waals surface area contributed by atoms with Crippen LogP contribution < -0.4 is 5.32 Å². The van der Waals surface area contributed by atoms with Crippen LogP contribution in [0.2, 0.25) is 0 Å². The average molecular weight is 281 g/mol. The molecule has 1 heterocycles. The van der Waals surface area contributed by atoms with E-state index in [1.807, 2.05) is 11.3 Å². The van der Waals surface area contributed by atoms with Gasteiger partial charge in [-0.3, -0.25) is 0 Å². The number of hydrogen-bond acceptors (Lipinski definition) is 4. The van der Waals surface area contributed by atoms with Crippen molar-refractivity contribution in [3.8, 4) is 0 Å². The average Bonchev–Trinajstić information content (AvgIpc) is 2.95. The van der Waals surface area contributed by atoms with Gasteiger partial charge in [-0.05, 0) is 40.0 Å². The van der Waals surface area contributed by atoms with Crippen molar-refractivity contribution in [3.05, 3.63) is 10.0 Å². The summed E-state index contributed by atoms with van der Waals surface area (Å²) in [6, 6.07) is 0. The maximum absolute atomic E-state index is 4.50. The van der Waals surface area contributed by atoms with Crippen molar-refractivity contribution in [1.29, 1.82) is 0 Å². The minimum Gasteiger partial charge on any atom is -0.312 e. The Hall–Kier alpha value is -0.480. The molecule has 0 aromatic carbocycles.